The number of ether oxygens (including phenoxy) is 1. The standard InChI is InChI=1S/C19H28BrN3OS.HI/c1-21-17(23-14-19(25-2)8-10-24-11-9-19)22-13-18(6-7-18)15-4-3-5-16(20)12-15;/h3-5,12H,6-11,13-14H2,1-2H3,(H2,21,22,23);1H. The lowest BCUT2D eigenvalue weighted by Crippen LogP contribution is -2.49. The van der Waals surface area contributed by atoms with E-state index in [-0.39, 0.29) is 34.1 Å². The number of nitrogens with zero attached hydrogens (tertiary/aromatic N) is 1. The Hall–Kier alpha value is 0.01000. The van der Waals surface area contributed by atoms with Gasteiger partial charge in [-0.2, -0.15) is 11.8 Å². The maximum absolute atomic E-state index is 5.53. The van der Waals surface area contributed by atoms with Gasteiger partial charge >= 0.3 is 0 Å². The van der Waals surface area contributed by atoms with Crippen LogP contribution in [0.2, 0.25) is 0 Å². The van der Waals surface area contributed by atoms with Crippen LogP contribution in [0.3, 0.4) is 0 Å². The van der Waals surface area contributed by atoms with E-state index in [1.165, 1.54) is 18.4 Å². The molecule has 0 bridgehead atoms. The van der Waals surface area contributed by atoms with Crippen molar-refractivity contribution in [2.24, 2.45) is 4.99 Å². The van der Waals surface area contributed by atoms with E-state index in [0.29, 0.717) is 0 Å². The predicted molar refractivity (Wildman–Crippen MR) is 126 cm³/mol. The number of hydrogen-bond acceptors (Lipinski definition) is 3. The molecule has 1 aromatic rings. The van der Waals surface area contributed by atoms with Crippen molar-refractivity contribution in [2.45, 2.75) is 35.8 Å². The van der Waals surface area contributed by atoms with E-state index in [4.69, 9.17) is 4.74 Å². The maximum atomic E-state index is 5.53. The zero-order chi connectivity index (χ0) is 17.8. The van der Waals surface area contributed by atoms with Crippen molar-refractivity contribution < 1.29 is 4.74 Å². The van der Waals surface area contributed by atoms with Crippen molar-refractivity contribution in [3.05, 3.63) is 34.3 Å². The molecule has 146 valence electrons. The Kier molecular flexibility index (Phi) is 8.56. The van der Waals surface area contributed by atoms with Crippen molar-refractivity contribution >= 4 is 57.6 Å². The van der Waals surface area contributed by atoms with Crippen molar-refractivity contribution in [3.8, 4) is 0 Å². The van der Waals surface area contributed by atoms with Gasteiger partial charge in [-0.25, -0.2) is 0 Å². The summed E-state index contributed by atoms with van der Waals surface area (Å²) in [7, 11) is 1.85. The van der Waals surface area contributed by atoms with Crippen LogP contribution in [0.25, 0.3) is 0 Å². The van der Waals surface area contributed by atoms with Gasteiger partial charge in [0.2, 0.25) is 0 Å². The van der Waals surface area contributed by atoms with Crippen molar-refractivity contribution in [3.63, 3.8) is 0 Å². The molecule has 1 saturated carbocycles. The summed E-state index contributed by atoms with van der Waals surface area (Å²) in [5.74, 6) is 0.904. The number of benzene rings is 1. The molecule has 1 aliphatic heterocycles. The Morgan fingerprint density at radius 2 is 1.88 bits per heavy atom. The van der Waals surface area contributed by atoms with Crippen molar-refractivity contribution in [2.75, 3.05) is 39.6 Å². The third-order valence-electron chi connectivity index (χ3n) is 5.52. The highest BCUT2D eigenvalue weighted by molar-refractivity contribution is 14.0. The first-order valence-corrected chi connectivity index (χ1v) is 11.0. The van der Waals surface area contributed by atoms with Crippen LogP contribution in [-0.4, -0.2) is 50.3 Å². The summed E-state index contributed by atoms with van der Waals surface area (Å²) in [5, 5.41) is 7.10. The molecule has 4 nitrogen and oxygen atoms in total. The Bertz CT molecular complexity index is 619. The van der Waals surface area contributed by atoms with E-state index in [1.54, 1.807) is 0 Å². The zero-order valence-electron chi connectivity index (χ0n) is 15.5. The highest BCUT2D eigenvalue weighted by Crippen LogP contribution is 2.48. The fourth-order valence-corrected chi connectivity index (χ4v) is 4.64. The van der Waals surface area contributed by atoms with Crippen LogP contribution >= 0.6 is 51.7 Å². The van der Waals surface area contributed by atoms with Crippen molar-refractivity contribution in [1.82, 2.24) is 10.6 Å². The molecule has 1 aromatic carbocycles. The van der Waals surface area contributed by atoms with Gasteiger partial charge < -0.3 is 15.4 Å². The zero-order valence-corrected chi connectivity index (χ0v) is 20.2. The first-order valence-electron chi connectivity index (χ1n) is 8.95. The molecule has 1 saturated heterocycles. The Morgan fingerprint density at radius 3 is 2.46 bits per heavy atom. The van der Waals surface area contributed by atoms with E-state index in [2.05, 4.69) is 62.1 Å². The van der Waals surface area contributed by atoms with Gasteiger partial charge in [0.25, 0.3) is 0 Å². The molecule has 0 atom stereocenters. The average Bonchev–Trinajstić information content (AvgIpc) is 3.44. The molecule has 0 amide bonds. The third kappa shape index (κ3) is 5.52. The predicted octanol–water partition coefficient (Wildman–Crippen LogP) is 4.18. The van der Waals surface area contributed by atoms with E-state index in [1.807, 2.05) is 18.8 Å². The van der Waals surface area contributed by atoms with Crippen LogP contribution in [0.4, 0.5) is 0 Å². The molecule has 2 fully saturated rings. The number of aliphatic imine (C=N–C) groups is 1. The van der Waals surface area contributed by atoms with Crippen LogP contribution in [0, 0.1) is 0 Å². The second kappa shape index (κ2) is 9.98. The second-order valence-electron chi connectivity index (χ2n) is 7.07. The Labute approximate surface area is 186 Å². The van der Waals surface area contributed by atoms with Gasteiger partial charge in [-0.05, 0) is 49.6 Å². The van der Waals surface area contributed by atoms with Gasteiger partial charge in [-0.1, -0.05) is 28.1 Å². The van der Waals surface area contributed by atoms with E-state index < -0.39 is 0 Å². The van der Waals surface area contributed by atoms with Gasteiger partial charge in [-0.3, -0.25) is 4.99 Å². The summed E-state index contributed by atoms with van der Waals surface area (Å²) in [4.78, 5) is 4.42. The SMILES string of the molecule is CN=C(NCC1(SC)CCOCC1)NCC1(c2cccc(Br)c2)CC1.I. The molecule has 2 aliphatic rings. The first-order chi connectivity index (χ1) is 12.1. The van der Waals surface area contributed by atoms with Gasteiger partial charge in [0.1, 0.15) is 0 Å². The van der Waals surface area contributed by atoms with Gasteiger partial charge in [-0.15, -0.1) is 24.0 Å². The van der Waals surface area contributed by atoms with E-state index >= 15 is 0 Å². The summed E-state index contributed by atoms with van der Waals surface area (Å²) in [6.45, 7) is 3.58. The monoisotopic (exact) mass is 553 g/mol. The number of thioether (sulfide) groups is 1. The highest BCUT2D eigenvalue weighted by atomic mass is 127. The minimum atomic E-state index is 0. The number of rotatable bonds is 6. The quantitative estimate of drug-likeness (QED) is 0.315. The number of nitrogens with one attached hydrogen (secondary N) is 2. The minimum absolute atomic E-state index is 0. The van der Waals surface area contributed by atoms with E-state index in [0.717, 1.165) is 49.6 Å². The topological polar surface area (TPSA) is 45.7 Å². The molecule has 3 rings (SSSR count). The van der Waals surface area contributed by atoms with Crippen LogP contribution in [0.1, 0.15) is 31.2 Å². The second-order valence-corrected chi connectivity index (χ2v) is 9.26. The van der Waals surface area contributed by atoms with E-state index in [9.17, 15) is 0 Å². The number of hydrogen-bond donors (Lipinski definition) is 2. The number of guanidine groups is 1. The largest absolute Gasteiger partial charge is 0.381 e. The smallest absolute Gasteiger partial charge is 0.191 e. The molecule has 7 heteroatoms. The summed E-state index contributed by atoms with van der Waals surface area (Å²) >= 11 is 5.54. The van der Waals surface area contributed by atoms with Crippen LogP contribution in [0.15, 0.2) is 33.7 Å². The Morgan fingerprint density at radius 1 is 1.19 bits per heavy atom. The summed E-state index contributed by atoms with van der Waals surface area (Å²) < 4.78 is 6.94. The molecule has 2 N–H and O–H groups in total. The lowest BCUT2D eigenvalue weighted by atomic mass is 9.96. The lowest BCUT2D eigenvalue weighted by Gasteiger charge is -2.36. The molecule has 1 aliphatic carbocycles. The fourth-order valence-electron chi connectivity index (χ4n) is 3.45. The molecule has 0 radical (unpaired) electrons. The maximum Gasteiger partial charge on any atom is 0.191 e. The summed E-state index contributed by atoms with van der Waals surface area (Å²) in [5.41, 5.74) is 1.67. The molecule has 1 heterocycles. The molecular formula is C19H29BrIN3OS. The van der Waals surface area contributed by atoms with Crippen LogP contribution in [0.5, 0.6) is 0 Å². The van der Waals surface area contributed by atoms with Gasteiger partial charge in [0, 0.05) is 48.0 Å². The highest BCUT2D eigenvalue weighted by Gasteiger charge is 2.44. The molecule has 26 heavy (non-hydrogen) atoms. The molecule has 0 spiro atoms. The van der Waals surface area contributed by atoms with Crippen LogP contribution < -0.4 is 10.6 Å². The Balaban J connectivity index is 0.00000243. The summed E-state index contributed by atoms with van der Waals surface area (Å²) in [6.07, 6.45) is 6.87. The van der Waals surface area contributed by atoms with Crippen LogP contribution in [-0.2, 0) is 10.2 Å². The van der Waals surface area contributed by atoms with Gasteiger partial charge in [0.05, 0.1) is 0 Å². The molecule has 0 aromatic heterocycles. The normalized spacial score (nSPS) is 20.8. The van der Waals surface area contributed by atoms with Crippen molar-refractivity contribution in [1.29, 1.82) is 0 Å². The third-order valence-corrected chi connectivity index (χ3v) is 7.44. The van der Waals surface area contributed by atoms with Gasteiger partial charge in [0.15, 0.2) is 5.96 Å². The fraction of sp³-hybridized carbons (Fsp3) is 0.632. The molecule has 0 unspecified atom stereocenters. The first kappa shape index (κ1) is 22.3. The summed E-state index contributed by atoms with van der Waals surface area (Å²) in [6, 6.07) is 8.69. The minimum Gasteiger partial charge on any atom is -0.381 e. The molecular weight excluding hydrogens is 525 g/mol. The average molecular weight is 554 g/mol. The lowest BCUT2D eigenvalue weighted by molar-refractivity contribution is 0.0783. The number of halogens is 2.